The summed E-state index contributed by atoms with van der Waals surface area (Å²) in [5.74, 6) is -0.117. The van der Waals surface area contributed by atoms with E-state index in [1.54, 1.807) is 25.2 Å². The van der Waals surface area contributed by atoms with Gasteiger partial charge in [0.05, 0.1) is 13.2 Å². The Labute approximate surface area is 123 Å². The smallest absolute Gasteiger partial charge is 0.170 e. The predicted molar refractivity (Wildman–Crippen MR) is 80.0 cm³/mol. The molecular formula is C16H17ClFNO. The molecule has 0 aliphatic carbocycles. The van der Waals surface area contributed by atoms with Crippen LogP contribution in [0, 0.1) is 12.7 Å². The van der Waals surface area contributed by atoms with Crippen LogP contribution in [0.25, 0.3) is 0 Å². The summed E-state index contributed by atoms with van der Waals surface area (Å²) < 4.78 is 19.4. The lowest BCUT2D eigenvalue weighted by molar-refractivity contribution is 0.382. The van der Waals surface area contributed by atoms with Gasteiger partial charge in [0, 0.05) is 10.6 Å². The quantitative estimate of drug-likeness (QED) is 0.916. The Hall–Kier alpha value is -1.58. The fourth-order valence-electron chi connectivity index (χ4n) is 2.34. The van der Waals surface area contributed by atoms with E-state index in [1.807, 2.05) is 25.1 Å². The minimum atomic E-state index is -0.355. The van der Waals surface area contributed by atoms with Crippen LogP contribution in [0.2, 0.25) is 5.02 Å². The lowest BCUT2D eigenvalue weighted by atomic mass is 9.97. The van der Waals surface area contributed by atoms with Crippen LogP contribution in [0.4, 0.5) is 4.39 Å². The van der Waals surface area contributed by atoms with Crippen molar-refractivity contribution in [2.75, 3.05) is 14.2 Å². The van der Waals surface area contributed by atoms with Crippen molar-refractivity contribution < 1.29 is 9.13 Å². The first-order valence-electron chi connectivity index (χ1n) is 6.33. The van der Waals surface area contributed by atoms with Crippen molar-refractivity contribution in [3.8, 4) is 5.75 Å². The zero-order valence-corrected chi connectivity index (χ0v) is 12.5. The molecule has 1 unspecified atom stereocenters. The minimum absolute atomic E-state index is 0.238. The maximum absolute atomic E-state index is 14.4. The lowest BCUT2D eigenvalue weighted by Crippen LogP contribution is -2.19. The highest BCUT2D eigenvalue weighted by Crippen LogP contribution is 2.30. The lowest BCUT2D eigenvalue weighted by Gasteiger charge is -2.19. The van der Waals surface area contributed by atoms with Crippen molar-refractivity contribution in [3.63, 3.8) is 0 Å². The maximum Gasteiger partial charge on any atom is 0.170 e. The van der Waals surface area contributed by atoms with Gasteiger partial charge in [-0.2, -0.15) is 0 Å². The van der Waals surface area contributed by atoms with Crippen LogP contribution in [0.1, 0.15) is 22.7 Å². The Morgan fingerprint density at radius 3 is 2.60 bits per heavy atom. The molecule has 4 heteroatoms. The number of halogens is 2. The van der Waals surface area contributed by atoms with Crippen LogP contribution in [0.15, 0.2) is 36.4 Å². The van der Waals surface area contributed by atoms with Crippen molar-refractivity contribution >= 4 is 11.6 Å². The second-order valence-electron chi connectivity index (χ2n) is 4.65. The molecule has 0 saturated carbocycles. The van der Waals surface area contributed by atoms with Gasteiger partial charge in [0.2, 0.25) is 0 Å². The third-order valence-corrected chi connectivity index (χ3v) is 3.43. The number of methoxy groups -OCH3 is 1. The number of hydrogen-bond donors (Lipinski definition) is 1. The monoisotopic (exact) mass is 293 g/mol. The maximum atomic E-state index is 14.4. The van der Waals surface area contributed by atoms with E-state index in [9.17, 15) is 4.39 Å². The highest BCUT2D eigenvalue weighted by molar-refractivity contribution is 6.30. The highest BCUT2D eigenvalue weighted by atomic mass is 35.5. The normalized spacial score (nSPS) is 12.2. The largest absolute Gasteiger partial charge is 0.494 e. The molecule has 2 aromatic carbocycles. The number of benzene rings is 2. The number of nitrogens with one attached hydrogen (secondary N) is 1. The van der Waals surface area contributed by atoms with E-state index in [4.69, 9.17) is 16.3 Å². The predicted octanol–water partition coefficient (Wildman–Crippen LogP) is 4.10. The van der Waals surface area contributed by atoms with Crippen LogP contribution in [0.5, 0.6) is 5.75 Å². The summed E-state index contributed by atoms with van der Waals surface area (Å²) in [5.41, 5.74) is 2.49. The fraction of sp³-hybridized carbons (Fsp3) is 0.250. The molecule has 2 rings (SSSR count). The van der Waals surface area contributed by atoms with E-state index in [0.717, 1.165) is 11.1 Å². The number of rotatable bonds is 4. The van der Waals surface area contributed by atoms with Gasteiger partial charge in [-0.3, -0.25) is 0 Å². The van der Waals surface area contributed by atoms with Gasteiger partial charge in [-0.1, -0.05) is 29.8 Å². The molecule has 1 atom stereocenters. The summed E-state index contributed by atoms with van der Waals surface area (Å²) in [6, 6.07) is 10.6. The van der Waals surface area contributed by atoms with Crippen LogP contribution in [-0.4, -0.2) is 14.2 Å². The molecule has 0 fully saturated rings. The number of ether oxygens (including phenoxy) is 1. The Kier molecular flexibility index (Phi) is 4.63. The van der Waals surface area contributed by atoms with Gasteiger partial charge in [0.15, 0.2) is 11.6 Å². The van der Waals surface area contributed by atoms with Crippen molar-refractivity contribution in [1.29, 1.82) is 0 Å². The van der Waals surface area contributed by atoms with Gasteiger partial charge in [0.25, 0.3) is 0 Å². The van der Waals surface area contributed by atoms with E-state index in [1.165, 1.54) is 7.11 Å². The van der Waals surface area contributed by atoms with Crippen molar-refractivity contribution in [2.24, 2.45) is 0 Å². The molecule has 20 heavy (non-hydrogen) atoms. The molecule has 2 nitrogen and oxygen atoms in total. The number of aryl methyl sites for hydroxylation is 1. The highest BCUT2D eigenvalue weighted by Gasteiger charge is 2.19. The third kappa shape index (κ3) is 2.94. The number of hydrogen-bond acceptors (Lipinski definition) is 2. The van der Waals surface area contributed by atoms with Crippen LogP contribution in [-0.2, 0) is 0 Å². The molecule has 1 N–H and O–H groups in total. The van der Waals surface area contributed by atoms with Crippen molar-refractivity contribution in [1.82, 2.24) is 5.32 Å². The van der Waals surface area contributed by atoms with Gasteiger partial charge in [-0.15, -0.1) is 0 Å². The first kappa shape index (κ1) is 14.8. The van der Waals surface area contributed by atoms with Crippen LogP contribution in [0.3, 0.4) is 0 Å². The van der Waals surface area contributed by atoms with Gasteiger partial charge >= 0.3 is 0 Å². The zero-order valence-electron chi connectivity index (χ0n) is 11.7. The second kappa shape index (κ2) is 6.25. The Balaban J connectivity index is 2.52. The van der Waals surface area contributed by atoms with Crippen molar-refractivity contribution in [2.45, 2.75) is 13.0 Å². The summed E-state index contributed by atoms with van der Waals surface area (Å²) in [7, 11) is 3.25. The minimum Gasteiger partial charge on any atom is -0.494 e. The molecule has 2 aromatic rings. The Morgan fingerprint density at radius 2 is 2.00 bits per heavy atom. The van der Waals surface area contributed by atoms with E-state index in [-0.39, 0.29) is 17.6 Å². The van der Waals surface area contributed by atoms with E-state index >= 15 is 0 Å². The first-order valence-corrected chi connectivity index (χ1v) is 6.71. The van der Waals surface area contributed by atoms with E-state index in [0.29, 0.717) is 10.6 Å². The summed E-state index contributed by atoms with van der Waals surface area (Å²) in [4.78, 5) is 0. The van der Waals surface area contributed by atoms with Gasteiger partial charge in [-0.25, -0.2) is 4.39 Å². The van der Waals surface area contributed by atoms with Crippen LogP contribution >= 0.6 is 11.6 Å². The van der Waals surface area contributed by atoms with E-state index in [2.05, 4.69) is 5.32 Å². The molecule has 0 aliphatic rings. The van der Waals surface area contributed by atoms with Gasteiger partial charge < -0.3 is 10.1 Å². The zero-order chi connectivity index (χ0) is 14.7. The molecule has 0 aromatic heterocycles. The summed E-state index contributed by atoms with van der Waals surface area (Å²) in [6.45, 7) is 1.96. The molecule has 0 bridgehead atoms. The van der Waals surface area contributed by atoms with Gasteiger partial charge in [-0.05, 0) is 43.3 Å². The summed E-state index contributed by atoms with van der Waals surface area (Å²) >= 11 is 6.09. The summed E-state index contributed by atoms with van der Waals surface area (Å²) in [6.07, 6.45) is 0. The standard InChI is InChI=1S/C16H17ClFNO/c1-10-7-11(9-12(17)8-10)16(19-2)13-5-4-6-14(20-3)15(13)18/h4-9,16,19H,1-3H3. The average Bonchev–Trinajstić information content (AvgIpc) is 2.40. The molecular weight excluding hydrogens is 277 g/mol. The molecule has 0 spiro atoms. The first-order chi connectivity index (χ1) is 9.56. The van der Waals surface area contributed by atoms with Gasteiger partial charge in [0.1, 0.15) is 0 Å². The molecule has 0 radical (unpaired) electrons. The average molecular weight is 294 g/mol. The van der Waals surface area contributed by atoms with Crippen LogP contribution < -0.4 is 10.1 Å². The third-order valence-electron chi connectivity index (χ3n) is 3.21. The molecule has 0 saturated heterocycles. The molecule has 106 valence electrons. The van der Waals surface area contributed by atoms with E-state index < -0.39 is 0 Å². The fourth-order valence-corrected chi connectivity index (χ4v) is 2.64. The molecule has 0 amide bonds. The summed E-state index contributed by atoms with van der Waals surface area (Å²) in [5, 5.41) is 3.77. The molecule has 0 heterocycles. The Morgan fingerprint density at radius 1 is 1.25 bits per heavy atom. The second-order valence-corrected chi connectivity index (χ2v) is 5.08. The van der Waals surface area contributed by atoms with Crippen molar-refractivity contribution in [3.05, 3.63) is 63.9 Å². The Bertz CT molecular complexity index is 595. The topological polar surface area (TPSA) is 21.3 Å². The molecule has 0 aliphatic heterocycles. The SMILES string of the molecule is CNC(c1cc(C)cc(Cl)c1)c1cccc(OC)c1F.